The Morgan fingerprint density at radius 1 is 1.00 bits per heavy atom. The van der Waals surface area contributed by atoms with Crippen LogP contribution in [-0.4, -0.2) is 29.8 Å². The second-order valence-corrected chi connectivity index (χ2v) is 6.54. The molecule has 0 saturated carbocycles. The third kappa shape index (κ3) is 5.19. The van der Waals surface area contributed by atoms with Crippen LogP contribution in [0.1, 0.15) is 47.3 Å². The van der Waals surface area contributed by atoms with Crippen LogP contribution in [-0.2, 0) is 11.2 Å². The predicted octanol–water partition coefficient (Wildman–Crippen LogP) is 4.36. The first-order valence-electron chi connectivity index (χ1n) is 9.20. The molecule has 0 spiro atoms. The van der Waals surface area contributed by atoms with Crippen molar-refractivity contribution < 1.29 is 9.59 Å². The number of anilines is 1. The molecule has 0 saturated heterocycles. The minimum atomic E-state index is -0.0441. The first-order chi connectivity index (χ1) is 12.4. The minimum absolute atomic E-state index is 0.0126. The second-order valence-electron chi connectivity index (χ2n) is 6.54. The Morgan fingerprint density at radius 2 is 1.73 bits per heavy atom. The molecule has 2 amide bonds. The molecular weight excluding hydrogens is 324 g/mol. The van der Waals surface area contributed by atoms with Gasteiger partial charge in [0.1, 0.15) is 0 Å². The van der Waals surface area contributed by atoms with Crippen molar-refractivity contribution in [3.05, 3.63) is 64.7 Å². The zero-order chi connectivity index (χ0) is 19.1. The Balaban J connectivity index is 1.98. The van der Waals surface area contributed by atoms with E-state index < -0.39 is 0 Å². The van der Waals surface area contributed by atoms with Crippen molar-refractivity contribution in [3.63, 3.8) is 0 Å². The highest BCUT2D eigenvalue weighted by molar-refractivity contribution is 5.97. The molecule has 2 aromatic carbocycles. The first-order valence-corrected chi connectivity index (χ1v) is 9.20. The summed E-state index contributed by atoms with van der Waals surface area (Å²) in [5, 5.41) is 2.90. The molecule has 0 fully saturated rings. The summed E-state index contributed by atoms with van der Waals surface area (Å²) in [6.45, 7) is 9.39. The van der Waals surface area contributed by atoms with Crippen molar-refractivity contribution in [3.8, 4) is 0 Å². The molecule has 0 aromatic heterocycles. The molecule has 26 heavy (non-hydrogen) atoms. The van der Waals surface area contributed by atoms with E-state index in [0.717, 1.165) is 0 Å². The highest BCUT2D eigenvalue weighted by atomic mass is 16.2. The van der Waals surface area contributed by atoms with Crippen molar-refractivity contribution in [1.82, 2.24) is 4.90 Å². The molecule has 0 unspecified atom stereocenters. The lowest BCUT2D eigenvalue weighted by atomic mass is 10.0. The molecule has 0 aliphatic carbocycles. The SMILES string of the molecule is CCN(CC)C(=O)c1cccc(NC(=O)CCc2ccc(C)cc2C)c1. The third-order valence-corrected chi connectivity index (χ3v) is 4.56. The molecule has 138 valence electrons. The van der Waals surface area contributed by atoms with Gasteiger partial charge in [0.15, 0.2) is 0 Å². The van der Waals surface area contributed by atoms with Gasteiger partial charge in [-0.3, -0.25) is 9.59 Å². The van der Waals surface area contributed by atoms with Gasteiger partial charge in [0.2, 0.25) is 5.91 Å². The summed E-state index contributed by atoms with van der Waals surface area (Å²) in [4.78, 5) is 26.5. The van der Waals surface area contributed by atoms with Crippen LogP contribution in [0.15, 0.2) is 42.5 Å². The maximum absolute atomic E-state index is 12.4. The molecule has 2 rings (SSSR count). The maximum Gasteiger partial charge on any atom is 0.253 e. The van der Waals surface area contributed by atoms with E-state index in [4.69, 9.17) is 0 Å². The van der Waals surface area contributed by atoms with Crippen LogP contribution in [0.2, 0.25) is 0 Å². The zero-order valence-electron chi connectivity index (χ0n) is 16.1. The summed E-state index contributed by atoms with van der Waals surface area (Å²) in [7, 11) is 0. The summed E-state index contributed by atoms with van der Waals surface area (Å²) < 4.78 is 0. The standard InChI is InChI=1S/C22H28N2O2/c1-5-24(6-2)22(26)19-8-7-9-20(15-19)23-21(25)13-12-18-11-10-16(3)14-17(18)4/h7-11,14-15H,5-6,12-13H2,1-4H3,(H,23,25). The summed E-state index contributed by atoms with van der Waals surface area (Å²) in [6, 6.07) is 13.4. The molecule has 4 nitrogen and oxygen atoms in total. The number of nitrogens with zero attached hydrogens (tertiary/aromatic N) is 1. The van der Waals surface area contributed by atoms with Gasteiger partial charge in [-0.25, -0.2) is 0 Å². The summed E-state index contributed by atoms with van der Waals surface area (Å²) in [5.74, 6) is -0.0567. The second kappa shape index (κ2) is 9.18. The predicted molar refractivity (Wildman–Crippen MR) is 107 cm³/mol. The number of aryl methyl sites for hydroxylation is 3. The van der Waals surface area contributed by atoms with Crippen LogP contribution in [0, 0.1) is 13.8 Å². The van der Waals surface area contributed by atoms with E-state index >= 15 is 0 Å². The first kappa shape index (κ1) is 19.7. The molecule has 0 bridgehead atoms. The van der Waals surface area contributed by atoms with Crippen molar-refractivity contribution in [2.45, 2.75) is 40.5 Å². The van der Waals surface area contributed by atoms with Crippen LogP contribution < -0.4 is 5.32 Å². The van der Waals surface area contributed by atoms with Gasteiger partial charge in [-0.15, -0.1) is 0 Å². The maximum atomic E-state index is 12.4. The van der Waals surface area contributed by atoms with E-state index in [1.54, 1.807) is 23.1 Å². The average Bonchev–Trinajstić information content (AvgIpc) is 2.62. The Hall–Kier alpha value is -2.62. The summed E-state index contributed by atoms with van der Waals surface area (Å²) in [5.41, 5.74) is 4.89. The zero-order valence-corrected chi connectivity index (χ0v) is 16.1. The van der Waals surface area contributed by atoms with Gasteiger partial charge in [-0.05, 0) is 63.4 Å². The molecule has 4 heteroatoms. The van der Waals surface area contributed by atoms with Crippen LogP contribution in [0.5, 0.6) is 0 Å². The Kier molecular flexibility index (Phi) is 6.96. The number of rotatable bonds is 7. The number of hydrogen-bond donors (Lipinski definition) is 1. The van der Waals surface area contributed by atoms with Gasteiger partial charge in [-0.1, -0.05) is 29.8 Å². The van der Waals surface area contributed by atoms with Crippen LogP contribution in [0.4, 0.5) is 5.69 Å². The molecule has 0 radical (unpaired) electrons. The Labute approximate surface area is 156 Å². The van der Waals surface area contributed by atoms with Gasteiger partial charge in [0.25, 0.3) is 5.91 Å². The summed E-state index contributed by atoms with van der Waals surface area (Å²) >= 11 is 0. The average molecular weight is 352 g/mol. The highest BCUT2D eigenvalue weighted by Crippen LogP contribution is 2.15. The fourth-order valence-electron chi connectivity index (χ4n) is 3.02. The lowest BCUT2D eigenvalue weighted by Gasteiger charge is -2.19. The smallest absolute Gasteiger partial charge is 0.253 e. The fourth-order valence-corrected chi connectivity index (χ4v) is 3.02. The van der Waals surface area contributed by atoms with Crippen molar-refractivity contribution >= 4 is 17.5 Å². The molecule has 0 aliphatic rings. The number of nitrogens with one attached hydrogen (secondary N) is 1. The van der Waals surface area contributed by atoms with E-state index in [0.29, 0.717) is 37.2 Å². The largest absolute Gasteiger partial charge is 0.339 e. The van der Waals surface area contributed by atoms with Gasteiger partial charge in [0, 0.05) is 30.8 Å². The van der Waals surface area contributed by atoms with E-state index in [-0.39, 0.29) is 11.8 Å². The van der Waals surface area contributed by atoms with Gasteiger partial charge in [-0.2, -0.15) is 0 Å². The number of carbonyl (C=O) groups excluding carboxylic acids is 2. The molecule has 0 heterocycles. The quantitative estimate of drug-likeness (QED) is 0.805. The lowest BCUT2D eigenvalue weighted by molar-refractivity contribution is -0.116. The van der Waals surface area contributed by atoms with Gasteiger partial charge in [0.05, 0.1) is 0 Å². The normalized spacial score (nSPS) is 10.5. The third-order valence-electron chi connectivity index (χ3n) is 4.56. The van der Waals surface area contributed by atoms with Gasteiger partial charge < -0.3 is 10.2 Å². The molecule has 2 aromatic rings. The minimum Gasteiger partial charge on any atom is -0.339 e. The van der Waals surface area contributed by atoms with Gasteiger partial charge >= 0.3 is 0 Å². The van der Waals surface area contributed by atoms with Crippen LogP contribution in [0.3, 0.4) is 0 Å². The number of hydrogen-bond acceptors (Lipinski definition) is 2. The number of benzene rings is 2. The van der Waals surface area contributed by atoms with E-state index in [1.807, 2.05) is 19.9 Å². The van der Waals surface area contributed by atoms with E-state index in [9.17, 15) is 9.59 Å². The highest BCUT2D eigenvalue weighted by Gasteiger charge is 2.13. The molecule has 0 atom stereocenters. The molecule has 1 N–H and O–H groups in total. The Morgan fingerprint density at radius 3 is 2.38 bits per heavy atom. The van der Waals surface area contributed by atoms with Crippen LogP contribution >= 0.6 is 0 Å². The molecule has 0 aliphatic heterocycles. The fraction of sp³-hybridized carbons (Fsp3) is 0.364. The number of carbonyl (C=O) groups is 2. The summed E-state index contributed by atoms with van der Waals surface area (Å²) in [6.07, 6.45) is 1.12. The van der Waals surface area contributed by atoms with Crippen molar-refractivity contribution in [2.24, 2.45) is 0 Å². The number of amides is 2. The van der Waals surface area contributed by atoms with E-state index in [1.165, 1.54) is 16.7 Å². The molecular formula is C22H28N2O2. The Bertz CT molecular complexity index is 779. The lowest BCUT2D eigenvalue weighted by Crippen LogP contribution is -2.30. The monoisotopic (exact) mass is 352 g/mol. The van der Waals surface area contributed by atoms with Crippen molar-refractivity contribution in [1.29, 1.82) is 0 Å². The van der Waals surface area contributed by atoms with Crippen LogP contribution in [0.25, 0.3) is 0 Å². The topological polar surface area (TPSA) is 49.4 Å². The van der Waals surface area contributed by atoms with Crippen molar-refractivity contribution in [2.75, 3.05) is 18.4 Å². The van der Waals surface area contributed by atoms with E-state index in [2.05, 4.69) is 37.4 Å².